The molecule has 1 unspecified atom stereocenters. The quantitative estimate of drug-likeness (QED) is 0.922. The first kappa shape index (κ1) is 15.7. The van der Waals surface area contributed by atoms with Gasteiger partial charge in [-0.2, -0.15) is 0 Å². The first-order valence-electron chi connectivity index (χ1n) is 6.82. The van der Waals surface area contributed by atoms with Crippen LogP contribution in [0.5, 0.6) is 0 Å². The zero-order valence-electron chi connectivity index (χ0n) is 12.5. The maximum absolute atomic E-state index is 11.4. The Balaban J connectivity index is 2.02. The number of aromatic nitrogens is 1. The zero-order valence-corrected chi connectivity index (χ0v) is 13.3. The number of nitrogens with one attached hydrogen (secondary N) is 1. The number of aryl methyl sites for hydroxylation is 1. The van der Waals surface area contributed by atoms with Gasteiger partial charge in [0.25, 0.3) is 0 Å². The average Bonchev–Trinajstić information content (AvgIpc) is 2.44. The third-order valence-corrected chi connectivity index (χ3v) is 4.47. The number of benzene rings is 1. The summed E-state index contributed by atoms with van der Waals surface area (Å²) < 4.78 is 22.9. The summed E-state index contributed by atoms with van der Waals surface area (Å²) in [5, 5.41) is 3.39. The predicted molar refractivity (Wildman–Crippen MR) is 83.8 cm³/mol. The Morgan fingerprint density at radius 2 is 1.81 bits per heavy atom. The highest BCUT2D eigenvalue weighted by Crippen LogP contribution is 2.16. The normalized spacial score (nSPS) is 13.1. The van der Waals surface area contributed by atoms with Crippen molar-refractivity contribution >= 4 is 9.84 Å². The van der Waals surface area contributed by atoms with Gasteiger partial charge in [0.1, 0.15) is 0 Å². The topological polar surface area (TPSA) is 59.1 Å². The fraction of sp³-hybridized carbons (Fsp3) is 0.312. The van der Waals surface area contributed by atoms with Crippen LogP contribution in [-0.4, -0.2) is 19.7 Å². The Labute approximate surface area is 126 Å². The van der Waals surface area contributed by atoms with Crippen LogP contribution in [0, 0.1) is 6.92 Å². The van der Waals surface area contributed by atoms with Gasteiger partial charge in [-0.25, -0.2) is 8.42 Å². The molecule has 0 aliphatic rings. The van der Waals surface area contributed by atoms with Crippen LogP contribution in [0.1, 0.15) is 29.9 Å². The summed E-state index contributed by atoms with van der Waals surface area (Å²) in [7, 11) is -3.14. The summed E-state index contributed by atoms with van der Waals surface area (Å²) in [5.41, 5.74) is 3.05. The van der Waals surface area contributed by atoms with E-state index in [1.807, 2.05) is 44.2 Å². The molecule has 0 fully saturated rings. The molecule has 1 aromatic heterocycles. The summed E-state index contributed by atoms with van der Waals surface area (Å²) in [6.07, 6.45) is 1.22. The van der Waals surface area contributed by atoms with E-state index in [0.29, 0.717) is 11.4 Å². The van der Waals surface area contributed by atoms with Gasteiger partial charge in [-0.15, -0.1) is 0 Å². The zero-order chi connectivity index (χ0) is 15.5. The maximum Gasteiger partial charge on any atom is 0.175 e. The van der Waals surface area contributed by atoms with Crippen LogP contribution in [0.3, 0.4) is 0 Å². The summed E-state index contributed by atoms with van der Waals surface area (Å²) in [4.78, 5) is 4.79. The first-order chi connectivity index (χ1) is 9.86. The second kappa shape index (κ2) is 6.37. The minimum Gasteiger partial charge on any atom is -0.305 e. The molecule has 0 saturated carbocycles. The molecule has 0 aliphatic heterocycles. The SMILES string of the molecule is Cc1cccc(CNC(C)c2ccc(S(C)(=O)=O)cc2)n1. The van der Waals surface area contributed by atoms with Crippen molar-refractivity contribution in [2.24, 2.45) is 0 Å². The van der Waals surface area contributed by atoms with Gasteiger partial charge in [0.05, 0.1) is 10.6 Å². The van der Waals surface area contributed by atoms with Gasteiger partial charge in [-0.3, -0.25) is 4.98 Å². The molecule has 2 aromatic rings. The van der Waals surface area contributed by atoms with Gasteiger partial charge >= 0.3 is 0 Å². The second-order valence-electron chi connectivity index (χ2n) is 5.21. The van der Waals surface area contributed by atoms with Gasteiger partial charge in [-0.05, 0) is 43.7 Å². The molecule has 1 atom stereocenters. The molecule has 1 N–H and O–H groups in total. The van der Waals surface area contributed by atoms with E-state index in [1.54, 1.807) is 12.1 Å². The van der Waals surface area contributed by atoms with Crippen LogP contribution in [0.2, 0.25) is 0 Å². The first-order valence-corrected chi connectivity index (χ1v) is 8.71. The number of pyridine rings is 1. The molecule has 1 heterocycles. The lowest BCUT2D eigenvalue weighted by molar-refractivity contribution is 0.566. The molecule has 0 amide bonds. The lowest BCUT2D eigenvalue weighted by atomic mass is 10.1. The third kappa shape index (κ3) is 4.37. The summed E-state index contributed by atoms with van der Waals surface area (Å²) in [6, 6.07) is 13.1. The highest BCUT2D eigenvalue weighted by Gasteiger charge is 2.09. The Bertz CT molecular complexity index is 709. The molecular formula is C16H20N2O2S. The van der Waals surface area contributed by atoms with Crippen molar-refractivity contribution in [3.8, 4) is 0 Å². The number of hydrogen-bond donors (Lipinski definition) is 1. The van der Waals surface area contributed by atoms with E-state index < -0.39 is 9.84 Å². The molecule has 0 radical (unpaired) electrons. The number of hydrogen-bond acceptors (Lipinski definition) is 4. The summed E-state index contributed by atoms with van der Waals surface area (Å²) in [5.74, 6) is 0. The van der Waals surface area contributed by atoms with Gasteiger partial charge in [0.15, 0.2) is 9.84 Å². The van der Waals surface area contributed by atoms with Gasteiger partial charge < -0.3 is 5.32 Å². The predicted octanol–water partition coefficient (Wildman–Crippen LogP) is 2.64. The molecule has 2 rings (SSSR count). The average molecular weight is 304 g/mol. The lowest BCUT2D eigenvalue weighted by Crippen LogP contribution is -2.19. The Morgan fingerprint density at radius 1 is 1.14 bits per heavy atom. The highest BCUT2D eigenvalue weighted by molar-refractivity contribution is 7.90. The number of sulfone groups is 1. The van der Waals surface area contributed by atoms with Crippen LogP contribution in [0.4, 0.5) is 0 Å². The Hall–Kier alpha value is -1.72. The van der Waals surface area contributed by atoms with E-state index >= 15 is 0 Å². The molecular weight excluding hydrogens is 284 g/mol. The van der Waals surface area contributed by atoms with E-state index in [4.69, 9.17) is 0 Å². The van der Waals surface area contributed by atoms with E-state index in [9.17, 15) is 8.42 Å². The minimum atomic E-state index is -3.14. The maximum atomic E-state index is 11.4. The van der Waals surface area contributed by atoms with Crippen molar-refractivity contribution in [1.82, 2.24) is 10.3 Å². The number of rotatable bonds is 5. The van der Waals surface area contributed by atoms with Gasteiger partial charge in [0.2, 0.25) is 0 Å². The summed E-state index contributed by atoms with van der Waals surface area (Å²) >= 11 is 0. The van der Waals surface area contributed by atoms with Crippen LogP contribution in [0.25, 0.3) is 0 Å². The van der Waals surface area contributed by atoms with Crippen LogP contribution in [0.15, 0.2) is 47.4 Å². The van der Waals surface area contributed by atoms with Crippen molar-refractivity contribution in [2.75, 3.05) is 6.26 Å². The molecule has 0 aliphatic carbocycles. The molecule has 21 heavy (non-hydrogen) atoms. The van der Waals surface area contributed by atoms with Crippen molar-refractivity contribution in [2.45, 2.75) is 31.3 Å². The van der Waals surface area contributed by atoms with Crippen LogP contribution in [-0.2, 0) is 16.4 Å². The largest absolute Gasteiger partial charge is 0.305 e. The van der Waals surface area contributed by atoms with E-state index in [2.05, 4.69) is 10.3 Å². The molecule has 5 heteroatoms. The van der Waals surface area contributed by atoms with Crippen LogP contribution < -0.4 is 5.32 Å². The van der Waals surface area contributed by atoms with E-state index in [0.717, 1.165) is 17.0 Å². The highest BCUT2D eigenvalue weighted by atomic mass is 32.2. The van der Waals surface area contributed by atoms with Crippen molar-refractivity contribution in [3.63, 3.8) is 0 Å². The van der Waals surface area contributed by atoms with Crippen molar-refractivity contribution in [1.29, 1.82) is 0 Å². The second-order valence-corrected chi connectivity index (χ2v) is 7.23. The fourth-order valence-electron chi connectivity index (χ4n) is 2.08. The third-order valence-electron chi connectivity index (χ3n) is 3.34. The molecule has 0 saturated heterocycles. The van der Waals surface area contributed by atoms with Crippen molar-refractivity contribution in [3.05, 3.63) is 59.4 Å². The molecule has 0 spiro atoms. The van der Waals surface area contributed by atoms with Crippen LogP contribution >= 0.6 is 0 Å². The Morgan fingerprint density at radius 3 is 2.38 bits per heavy atom. The van der Waals surface area contributed by atoms with Crippen molar-refractivity contribution < 1.29 is 8.42 Å². The minimum absolute atomic E-state index is 0.126. The van der Waals surface area contributed by atoms with E-state index in [-0.39, 0.29) is 6.04 Å². The number of nitrogens with zero attached hydrogens (tertiary/aromatic N) is 1. The van der Waals surface area contributed by atoms with Gasteiger partial charge in [0, 0.05) is 24.5 Å². The molecule has 4 nitrogen and oxygen atoms in total. The lowest BCUT2D eigenvalue weighted by Gasteiger charge is -2.14. The molecule has 1 aromatic carbocycles. The molecule has 112 valence electrons. The fourth-order valence-corrected chi connectivity index (χ4v) is 2.71. The standard InChI is InChI=1S/C16H20N2O2S/c1-12-5-4-6-15(18-12)11-17-13(2)14-7-9-16(10-8-14)21(3,19)20/h4-10,13,17H,11H2,1-3H3. The Kier molecular flexibility index (Phi) is 4.75. The van der Waals surface area contributed by atoms with E-state index in [1.165, 1.54) is 6.26 Å². The molecule has 0 bridgehead atoms. The monoisotopic (exact) mass is 304 g/mol. The smallest absolute Gasteiger partial charge is 0.175 e. The summed E-state index contributed by atoms with van der Waals surface area (Å²) in [6.45, 7) is 4.69. The van der Waals surface area contributed by atoms with Gasteiger partial charge in [-0.1, -0.05) is 18.2 Å².